The number of aromatic nitrogens is 2. The van der Waals surface area contributed by atoms with E-state index in [1.54, 1.807) is 0 Å². The van der Waals surface area contributed by atoms with Gasteiger partial charge in [-0.15, -0.1) is 0 Å². The molecule has 0 spiro atoms. The molecule has 1 aromatic carbocycles. The van der Waals surface area contributed by atoms with E-state index in [-0.39, 0.29) is 6.04 Å². The second kappa shape index (κ2) is 5.45. The first-order chi connectivity index (χ1) is 9.96. The van der Waals surface area contributed by atoms with E-state index in [0.29, 0.717) is 11.3 Å². The molecule has 1 saturated carbocycles. The quantitative estimate of drug-likeness (QED) is 0.935. The Bertz CT molecular complexity index is 616. The van der Waals surface area contributed by atoms with Crippen molar-refractivity contribution in [3.8, 4) is 0 Å². The molecule has 0 bridgehead atoms. The van der Waals surface area contributed by atoms with Crippen LogP contribution in [-0.4, -0.2) is 15.6 Å². The van der Waals surface area contributed by atoms with Gasteiger partial charge in [-0.25, -0.2) is 4.98 Å². The van der Waals surface area contributed by atoms with Crippen LogP contribution < -0.4 is 5.73 Å². The predicted octanol–water partition coefficient (Wildman–Crippen LogP) is 3.66. The van der Waals surface area contributed by atoms with Gasteiger partial charge in [0.25, 0.3) is 0 Å². The molecule has 0 aliphatic heterocycles. The maximum absolute atomic E-state index is 6.51. The number of hydrogen-bond acceptors (Lipinski definition) is 2. The second-order valence-corrected chi connectivity index (χ2v) is 7.45. The van der Waals surface area contributed by atoms with Gasteiger partial charge < -0.3 is 10.3 Å². The van der Waals surface area contributed by atoms with E-state index in [2.05, 4.69) is 43.7 Å². The fourth-order valence-corrected chi connectivity index (χ4v) is 3.61. The van der Waals surface area contributed by atoms with Crippen molar-refractivity contribution in [1.29, 1.82) is 0 Å². The van der Waals surface area contributed by atoms with Crippen LogP contribution in [-0.2, 0) is 13.5 Å². The topological polar surface area (TPSA) is 43.8 Å². The van der Waals surface area contributed by atoms with Crippen LogP contribution in [0.5, 0.6) is 0 Å². The maximum atomic E-state index is 6.51. The van der Waals surface area contributed by atoms with Crippen molar-refractivity contribution in [3.63, 3.8) is 0 Å². The molecule has 0 amide bonds. The van der Waals surface area contributed by atoms with Gasteiger partial charge in [0.1, 0.15) is 5.82 Å². The summed E-state index contributed by atoms with van der Waals surface area (Å²) in [4.78, 5) is 4.76. The van der Waals surface area contributed by atoms with Crippen molar-refractivity contribution < 1.29 is 0 Å². The number of nitrogens with zero attached hydrogens (tertiary/aromatic N) is 2. The first-order valence-corrected chi connectivity index (χ1v) is 8.12. The predicted molar refractivity (Wildman–Crippen MR) is 88.1 cm³/mol. The maximum Gasteiger partial charge on any atom is 0.111 e. The van der Waals surface area contributed by atoms with Gasteiger partial charge in [0.05, 0.1) is 11.0 Å². The molecule has 1 atom stereocenters. The number of nitrogens with two attached hydrogens (primary N) is 1. The van der Waals surface area contributed by atoms with Crippen molar-refractivity contribution in [3.05, 3.63) is 30.1 Å². The highest BCUT2D eigenvalue weighted by Crippen LogP contribution is 2.39. The monoisotopic (exact) mass is 285 g/mol. The third-order valence-corrected chi connectivity index (χ3v) is 5.29. The third-order valence-electron chi connectivity index (χ3n) is 5.29. The van der Waals surface area contributed by atoms with E-state index in [1.165, 1.54) is 31.2 Å². The van der Waals surface area contributed by atoms with Gasteiger partial charge in [-0.3, -0.25) is 0 Å². The lowest BCUT2D eigenvalue weighted by atomic mass is 9.71. The van der Waals surface area contributed by atoms with Gasteiger partial charge in [0.2, 0.25) is 0 Å². The Morgan fingerprint density at radius 1 is 1.29 bits per heavy atom. The zero-order valence-electron chi connectivity index (χ0n) is 13.5. The van der Waals surface area contributed by atoms with Crippen LogP contribution in [0.15, 0.2) is 24.3 Å². The summed E-state index contributed by atoms with van der Waals surface area (Å²) in [5.74, 6) is 1.77. The van der Waals surface area contributed by atoms with Crippen molar-refractivity contribution in [2.75, 3.05) is 0 Å². The highest BCUT2D eigenvalue weighted by Gasteiger charge is 2.30. The zero-order valence-corrected chi connectivity index (χ0v) is 13.5. The molecule has 0 radical (unpaired) electrons. The highest BCUT2D eigenvalue weighted by atomic mass is 15.1. The Morgan fingerprint density at radius 3 is 2.62 bits per heavy atom. The fourth-order valence-electron chi connectivity index (χ4n) is 3.61. The summed E-state index contributed by atoms with van der Waals surface area (Å²) in [7, 11) is 2.10. The smallest absolute Gasteiger partial charge is 0.111 e. The average molecular weight is 285 g/mol. The van der Waals surface area contributed by atoms with E-state index >= 15 is 0 Å². The van der Waals surface area contributed by atoms with Crippen LogP contribution in [0.25, 0.3) is 11.0 Å². The highest BCUT2D eigenvalue weighted by molar-refractivity contribution is 5.75. The van der Waals surface area contributed by atoms with E-state index in [4.69, 9.17) is 10.7 Å². The third kappa shape index (κ3) is 2.98. The van der Waals surface area contributed by atoms with Gasteiger partial charge in [0.15, 0.2) is 0 Å². The van der Waals surface area contributed by atoms with Crippen LogP contribution in [0, 0.1) is 11.3 Å². The number of benzene rings is 1. The van der Waals surface area contributed by atoms with Crippen molar-refractivity contribution in [1.82, 2.24) is 9.55 Å². The van der Waals surface area contributed by atoms with Crippen molar-refractivity contribution in [2.45, 2.75) is 52.0 Å². The molecular weight excluding hydrogens is 258 g/mol. The minimum absolute atomic E-state index is 0.233. The van der Waals surface area contributed by atoms with E-state index in [0.717, 1.165) is 17.8 Å². The average Bonchev–Trinajstić information content (AvgIpc) is 2.76. The van der Waals surface area contributed by atoms with E-state index in [9.17, 15) is 0 Å². The molecule has 2 aromatic rings. The lowest BCUT2D eigenvalue weighted by Gasteiger charge is -2.36. The Hall–Kier alpha value is -1.35. The van der Waals surface area contributed by atoms with Crippen LogP contribution in [0.4, 0.5) is 0 Å². The molecular formula is C18H27N3. The normalized spacial score (nSPS) is 20.8. The minimum atomic E-state index is 0.233. The lowest BCUT2D eigenvalue weighted by molar-refractivity contribution is 0.172. The molecule has 1 unspecified atom stereocenters. The summed E-state index contributed by atoms with van der Waals surface area (Å²) in [6.45, 7) is 4.75. The molecule has 1 fully saturated rings. The van der Waals surface area contributed by atoms with Crippen LogP contribution in [0.2, 0.25) is 0 Å². The molecule has 3 heteroatoms. The summed E-state index contributed by atoms with van der Waals surface area (Å²) in [5.41, 5.74) is 9.29. The summed E-state index contributed by atoms with van der Waals surface area (Å²) in [6, 6.07) is 8.55. The van der Waals surface area contributed by atoms with Gasteiger partial charge >= 0.3 is 0 Å². The molecule has 1 aliphatic carbocycles. The Balaban J connectivity index is 1.72. The van der Waals surface area contributed by atoms with Gasteiger partial charge in [-0.2, -0.15) is 0 Å². The number of hydrogen-bond donors (Lipinski definition) is 1. The number of imidazole rings is 1. The molecule has 3 rings (SSSR count). The number of fused-ring (bicyclic) bond motifs is 1. The number of para-hydroxylation sites is 2. The standard InChI is InChI=1S/C18H27N3/c1-18(2)10-8-13(9-11-18)14(19)12-17-20-15-6-4-5-7-16(15)21(17)3/h4-7,13-14H,8-12,19H2,1-3H3. The lowest BCUT2D eigenvalue weighted by Crippen LogP contribution is -2.37. The Kier molecular flexibility index (Phi) is 3.78. The Labute approximate surface area is 127 Å². The van der Waals surface area contributed by atoms with Gasteiger partial charge in [-0.05, 0) is 49.1 Å². The van der Waals surface area contributed by atoms with Crippen molar-refractivity contribution in [2.24, 2.45) is 24.1 Å². The molecule has 1 heterocycles. The number of rotatable bonds is 3. The Morgan fingerprint density at radius 2 is 1.95 bits per heavy atom. The van der Waals surface area contributed by atoms with Gasteiger partial charge in [0, 0.05) is 19.5 Å². The molecule has 2 N–H and O–H groups in total. The molecule has 3 nitrogen and oxygen atoms in total. The molecule has 1 aromatic heterocycles. The molecule has 114 valence electrons. The first-order valence-electron chi connectivity index (χ1n) is 8.12. The summed E-state index contributed by atoms with van der Waals surface area (Å²) >= 11 is 0. The van der Waals surface area contributed by atoms with Crippen LogP contribution >= 0.6 is 0 Å². The number of aryl methyl sites for hydroxylation is 1. The van der Waals surface area contributed by atoms with E-state index < -0.39 is 0 Å². The summed E-state index contributed by atoms with van der Waals surface area (Å²) in [6.07, 6.45) is 6.01. The minimum Gasteiger partial charge on any atom is -0.331 e. The van der Waals surface area contributed by atoms with Gasteiger partial charge in [-0.1, -0.05) is 26.0 Å². The first kappa shape index (κ1) is 14.6. The largest absolute Gasteiger partial charge is 0.331 e. The SMILES string of the molecule is Cn1c(CC(N)C2CCC(C)(C)CC2)nc2ccccc21. The molecule has 21 heavy (non-hydrogen) atoms. The van der Waals surface area contributed by atoms with Crippen LogP contribution in [0.3, 0.4) is 0 Å². The summed E-state index contributed by atoms with van der Waals surface area (Å²) < 4.78 is 2.20. The molecule has 1 aliphatic rings. The van der Waals surface area contributed by atoms with Crippen LogP contribution in [0.1, 0.15) is 45.4 Å². The molecule has 0 saturated heterocycles. The zero-order chi connectivity index (χ0) is 15.0. The van der Waals surface area contributed by atoms with E-state index in [1.807, 2.05) is 6.07 Å². The summed E-state index contributed by atoms with van der Waals surface area (Å²) in [5, 5.41) is 0. The van der Waals surface area contributed by atoms with Crippen molar-refractivity contribution >= 4 is 11.0 Å². The fraction of sp³-hybridized carbons (Fsp3) is 0.611. The second-order valence-electron chi connectivity index (χ2n) is 7.45.